The van der Waals surface area contributed by atoms with Gasteiger partial charge in [-0.05, 0) is 18.9 Å². The van der Waals surface area contributed by atoms with Gasteiger partial charge in [-0.15, -0.1) is 0 Å². The molecular weight excluding hydrogens is 220 g/mol. The van der Waals surface area contributed by atoms with Crippen molar-refractivity contribution in [2.75, 3.05) is 5.32 Å². The zero-order valence-corrected chi connectivity index (χ0v) is 9.97. The zero-order chi connectivity index (χ0) is 12.8. The second-order valence-corrected chi connectivity index (χ2v) is 3.78. The monoisotopic (exact) mass is 236 g/mol. The molecule has 0 fully saturated rings. The summed E-state index contributed by atoms with van der Waals surface area (Å²) in [5.74, 6) is -0.265. The van der Waals surface area contributed by atoms with E-state index in [4.69, 9.17) is 0 Å². The Morgan fingerprint density at radius 1 is 1.35 bits per heavy atom. The molecule has 0 aliphatic rings. The Bertz CT molecular complexity index is 414. The van der Waals surface area contributed by atoms with Gasteiger partial charge < -0.3 is 5.32 Å². The van der Waals surface area contributed by atoms with Crippen molar-refractivity contribution < 1.29 is 9.72 Å². The number of carbonyl (C=O) groups excluding carboxylic acids is 1. The fraction of sp³-hybridized carbons (Fsp3) is 0.417. The topological polar surface area (TPSA) is 72.2 Å². The quantitative estimate of drug-likeness (QED) is 0.631. The molecule has 0 aliphatic carbocycles. The van der Waals surface area contributed by atoms with Crippen LogP contribution in [0.3, 0.4) is 0 Å². The summed E-state index contributed by atoms with van der Waals surface area (Å²) < 4.78 is 0. The molecule has 0 saturated heterocycles. The molecular formula is C12H16N2O3. The van der Waals surface area contributed by atoms with Gasteiger partial charge in [-0.3, -0.25) is 14.9 Å². The lowest BCUT2D eigenvalue weighted by Crippen LogP contribution is -2.22. The third-order valence-electron chi connectivity index (χ3n) is 2.72. The summed E-state index contributed by atoms with van der Waals surface area (Å²) in [4.78, 5) is 22.1. The Balaban J connectivity index is 2.88. The average Bonchev–Trinajstić information content (AvgIpc) is 2.31. The Kier molecular flexibility index (Phi) is 4.63. The summed E-state index contributed by atoms with van der Waals surface area (Å²) in [6.07, 6.45) is 1.45. The first-order valence-electron chi connectivity index (χ1n) is 5.64. The van der Waals surface area contributed by atoms with Gasteiger partial charge in [-0.25, -0.2) is 0 Å². The summed E-state index contributed by atoms with van der Waals surface area (Å²) >= 11 is 0. The van der Waals surface area contributed by atoms with Crippen LogP contribution < -0.4 is 5.32 Å². The van der Waals surface area contributed by atoms with Crippen molar-refractivity contribution in [3.8, 4) is 0 Å². The maximum Gasteiger partial charge on any atom is 0.292 e. The molecule has 1 aromatic carbocycles. The lowest BCUT2D eigenvalue weighted by atomic mass is 10.0. The van der Waals surface area contributed by atoms with Gasteiger partial charge in [0.15, 0.2) is 0 Å². The molecule has 17 heavy (non-hydrogen) atoms. The predicted octanol–water partition coefficient (Wildman–Crippen LogP) is 2.97. The first-order chi connectivity index (χ1) is 8.10. The Labute approximate surface area is 100.0 Å². The van der Waals surface area contributed by atoms with E-state index in [2.05, 4.69) is 5.32 Å². The molecule has 0 heterocycles. The molecule has 1 rings (SSSR count). The number of carbonyl (C=O) groups is 1. The lowest BCUT2D eigenvalue weighted by Gasteiger charge is -2.12. The second kappa shape index (κ2) is 5.98. The molecule has 92 valence electrons. The molecule has 1 aromatic rings. The highest BCUT2D eigenvalue weighted by Crippen LogP contribution is 2.24. The fourth-order valence-electron chi connectivity index (χ4n) is 1.63. The SMILES string of the molecule is CCC(CC)C(=O)Nc1ccccc1[N+](=O)[O-]. The first kappa shape index (κ1) is 13.2. The van der Waals surface area contributed by atoms with E-state index in [1.807, 2.05) is 13.8 Å². The number of benzene rings is 1. The van der Waals surface area contributed by atoms with E-state index < -0.39 is 4.92 Å². The van der Waals surface area contributed by atoms with E-state index in [1.54, 1.807) is 18.2 Å². The van der Waals surface area contributed by atoms with Crippen molar-refractivity contribution in [1.82, 2.24) is 0 Å². The van der Waals surface area contributed by atoms with Gasteiger partial charge in [-0.1, -0.05) is 26.0 Å². The molecule has 1 amide bonds. The van der Waals surface area contributed by atoms with Crippen LogP contribution >= 0.6 is 0 Å². The highest BCUT2D eigenvalue weighted by Gasteiger charge is 2.18. The third-order valence-corrected chi connectivity index (χ3v) is 2.72. The van der Waals surface area contributed by atoms with E-state index >= 15 is 0 Å². The van der Waals surface area contributed by atoms with Crippen molar-refractivity contribution in [2.45, 2.75) is 26.7 Å². The normalized spacial score (nSPS) is 10.3. The molecule has 0 aromatic heterocycles. The Morgan fingerprint density at radius 3 is 2.47 bits per heavy atom. The predicted molar refractivity (Wildman–Crippen MR) is 65.8 cm³/mol. The van der Waals surface area contributed by atoms with E-state index in [-0.39, 0.29) is 23.2 Å². The van der Waals surface area contributed by atoms with Gasteiger partial charge in [0.2, 0.25) is 5.91 Å². The van der Waals surface area contributed by atoms with Crippen LogP contribution in [-0.2, 0) is 4.79 Å². The Morgan fingerprint density at radius 2 is 1.94 bits per heavy atom. The molecule has 0 saturated carbocycles. The van der Waals surface area contributed by atoms with Gasteiger partial charge in [0.1, 0.15) is 5.69 Å². The van der Waals surface area contributed by atoms with Crippen LogP contribution in [0.1, 0.15) is 26.7 Å². The van der Waals surface area contributed by atoms with Crippen molar-refractivity contribution >= 4 is 17.3 Å². The number of nitrogens with zero attached hydrogens (tertiary/aromatic N) is 1. The minimum atomic E-state index is -0.498. The number of amides is 1. The van der Waals surface area contributed by atoms with Crippen LogP contribution in [0.25, 0.3) is 0 Å². The number of rotatable bonds is 5. The van der Waals surface area contributed by atoms with Crippen LogP contribution in [0.15, 0.2) is 24.3 Å². The van der Waals surface area contributed by atoms with Gasteiger partial charge in [0.05, 0.1) is 4.92 Å². The summed E-state index contributed by atoms with van der Waals surface area (Å²) in [7, 11) is 0. The van der Waals surface area contributed by atoms with Gasteiger partial charge >= 0.3 is 0 Å². The van der Waals surface area contributed by atoms with Crippen LogP contribution in [0.2, 0.25) is 0 Å². The zero-order valence-electron chi connectivity index (χ0n) is 9.97. The molecule has 5 heteroatoms. The number of nitro groups is 1. The highest BCUT2D eigenvalue weighted by atomic mass is 16.6. The molecule has 0 bridgehead atoms. The maximum atomic E-state index is 11.8. The average molecular weight is 236 g/mol. The molecule has 0 radical (unpaired) electrons. The number of hydrogen-bond acceptors (Lipinski definition) is 3. The van der Waals surface area contributed by atoms with Gasteiger partial charge in [0.25, 0.3) is 5.69 Å². The number of hydrogen-bond donors (Lipinski definition) is 1. The fourth-order valence-corrected chi connectivity index (χ4v) is 1.63. The Hall–Kier alpha value is -1.91. The molecule has 5 nitrogen and oxygen atoms in total. The second-order valence-electron chi connectivity index (χ2n) is 3.78. The van der Waals surface area contributed by atoms with Crippen molar-refractivity contribution in [1.29, 1.82) is 0 Å². The maximum absolute atomic E-state index is 11.8. The standard InChI is InChI=1S/C12H16N2O3/c1-3-9(4-2)12(15)13-10-7-5-6-8-11(10)14(16)17/h5-9H,3-4H2,1-2H3,(H,13,15). The van der Waals surface area contributed by atoms with Crippen molar-refractivity contribution in [3.63, 3.8) is 0 Å². The number of nitrogens with one attached hydrogen (secondary N) is 1. The number of anilines is 1. The molecule has 0 unspecified atom stereocenters. The van der Waals surface area contributed by atoms with Crippen LogP contribution in [0, 0.1) is 16.0 Å². The minimum absolute atomic E-state index is 0.0770. The number of para-hydroxylation sites is 2. The highest BCUT2D eigenvalue weighted by molar-refractivity contribution is 5.94. The van der Waals surface area contributed by atoms with Crippen LogP contribution in [0.4, 0.5) is 11.4 Å². The van der Waals surface area contributed by atoms with Gasteiger partial charge in [0, 0.05) is 12.0 Å². The largest absolute Gasteiger partial charge is 0.320 e. The third kappa shape index (κ3) is 3.27. The van der Waals surface area contributed by atoms with E-state index in [1.165, 1.54) is 6.07 Å². The minimum Gasteiger partial charge on any atom is -0.320 e. The summed E-state index contributed by atoms with van der Waals surface area (Å²) in [5, 5.41) is 13.4. The van der Waals surface area contributed by atoms with Crippen molar-refractivity contribution in [3.05, 3.63) is 34.4 Å². The lowest BCUT2D eigenvalue weighted by molar-refractivity contribution is -0.383. The summed E-state index contributed by atoms with van der Waals surface area (Å²) in [6.45, 7) is 3.85. The molecule has 0 spiro atoms. The van der Waals surface area contributed by atoms with E-state index in [9.17, 15) is 14.9 Å². The molecule has 0 aliphatic heterocycles. The summed E-state index contributed by atoms with van der Waals surface area (Å²) in [5.41, 5.74) is 0.182. The van der Waals surface area contributed by atoms with Crippen LogP contribution in [-0.4, -0.2) is 10.8 Å². The van der Waals surface area contributed by atoms with E-state index in [0.29, 0.717) is 0 Å². The number of nitro benzene ring substituents is 1. The smallest absolute Gasteiger partial charge is 0.292 e. The van der Waals surface area contributed by atoms with E-state index in [0.717, 1.165) is 12.8 Å². The molecule has 1 N–H and O–H groups in total. The van der Waals surface area contributed by atoms with Gasteiger partial charge in [-0.2, -0.15) is 0 Å². The first-order valence-corrected chi connectivity index (χ1v) is 5.64. The van der Waals surface area contributed by atoms with Crippen molar-refractivity contribution in [2.24, 2.45) is 5.92 Å². The summed E-state index contributed by atoms with van der Waals surface area (Å²) in [6, 6.07) is 6.15. The van der Waals surface area contributed by atoms with Crippen LogP contribution in [0.5, 0.6) is 0 Å². The molecule has 0 atom stereocenters.